The molecule has 3 unspecified atom stereocenters. The second-order valence-corrected chi connectivity index (χ2v) is 10.7. The molecule has 0 amide bonds. The summed E-state index contributed by atoms with van der Waals surface area (Å²) in [5, 5.41) is 22.3. The lowest BCUT2D eigenvalue weighted by atomic mass is 9.43. The highest BCUT2D eigenvalue weighted by molar-refractivity contribution is 5.85. The summed E-state index contributed by atoms with van der Waals surface area (Å²) in [5.74, 6) is 1.59. The third-order valence-corrected chi connectivity index (χ3v) is 9.96. The Morgan fingerprint density at radius 3 is 2.59 bits per heavy atom. The number of carbonyl (C=O) groups is 1. The van der Waals surface area contributed by atoms with Gasteiger partial charge in [0.1, 0.15) is 6.61 Å². The van der Waals surface area contributed by atoms with Gasteiger partial charge in [-0.25, -0.2) is 4.79 Å². The van der Waals surface area contributed by atoms with Gasteiger partial charge in [0.05, 0.1) is 11.7 Å². The zero-order valence-corrected chi connectivity index (χ0v) is 16.7. The molecule has 27 heavy (non-hydrogen) atoms. The van der Waals surface area contributed by atoms with E-state index in [2.05, 4.69) is 13.8 Å². The number of hydrogen-bond acceptors (Lipinski definition) is 4. The summed E-state index contributed by atoms with van der Waals surface area (Å²) < 4.78 is 5.20. The Bertz CT molecular complexity index is 686. The molecule has 0 radical (unpaired) electrons. The van der Waals surface area contributed by atoms with Crippen LogP contribution in [0.1, 0.15) is 71.6 Å². The lowest BCUT2D eigenvalue weighted by Gasteiger charge is -2.63. The Balaban J connectivity index is 1.47. The number of esters is 1. The molecule has 4 saturated carbocycles. The third-order valence-electron chi connectivity index (χ3n) is 9.96. The van der Waals surface area contributed by atoms with Gasteiger partial charge in [-0.1, -0.05) is 13.8 Å². The van der Waals surface area contributed by atoms with Crippen LogP contribution < -0.4 is 0 Å². The molecule has 0 aromatic carbocycles. The first-order valence-electron chi connectivity index (χ1n) is 11.1. The van der Waals surface area contributed by atoms with E-state index in [1.165, 1.54) is 6.42 Å². The normalized spacial score (nSPS) is 54.6. The van der Waals surface area contributed by atoms with Crippen molar-refractivity contribution in [2.24, 2.45) is 34.5 Å². The molecule has 0 saturated heterocycles. The van der Waals surface area contributed by atoms with Crippen LogP contribution in [-0.4, -0.2) is 34.5 Å². The van der Waals surface area contributed by atoms with Crippen molar-refractivity contribution in [2.45, 2.75) is 83.3 Å². The number of hydrogen-bond donors (Lipinski definition) is 2. The number of ether oxygens (including phenoxy) is 1. The minimum atomic E-state index is -0.628. The number of rotatable bonds is 1. The fraction of sp³-hybridized carbons (Fsp3) is 0.870. The van der Waals surface area contributed by atoms with E-state index in [1.54, 1.807) is 6.08 Å². The summed E-state index contributed by atoms with van der Waals surface area (Å²) in [7, 11) is 0. The van der Waals surface area contributed by atoms with E-state index in [4.69, 9.17) is 4.74 Å². The van der Waals surface area contributed by atoms with E-state index in [9.17, 15) is 15.0 Å². The Kier molecular flexibility index (Phi) is 3.92. The van der Waals surface area contributed by atoms with E-state index in [1.807, 2.05) is 0 Å². The fourth-order valence-corrected chi connectivity index (χ4v) is 8.39. The monoisotopic (exact) mass is 374 g/mol. The number of cyclic esters (lactones) is 1. The predicted octanol–water partition coefficient (Wildman–Crippen LogP) is 3.60. The summed E-state index contributed by atoms with van der Waals surface area (Å²) in [6, 6.07) is 0. The van der Waals surface area contributed by atoms with Gasteiger partial charge in [0.15, 0.2) is 0 Å². The molecule has 4 aliphatic carbocycles. The first-order chi connectivity index (χ1) is 12.8. The molecule has 1 heterocycles. The number of carbonyl (C=O) groups excluding carboxylic acids is 1. The fourth-order valence-electron chi connectivity index (χ4n) is 8.39. The van der Waals surface area contributed by atoms with E-state index in [-0.39, 0.29) is 28.8 Å². The van der Waals surface area contributed by atoms with E-state index < -0.39 is 5.60 Å². The quantitative estimate of drug-likeness (QED) is 0.688. The standard InChI is InChI=1S/C23H34O4/c1-21-8-5-16(24)12-15(21)3-4-19-18(21)6-9-22(2)17(7-10-23(19,22)26)14-11-20(25)27-13-14/h11,15-19,24,26H,3-10,12-13H2,1-2H3/t15?,16-,17+,18?,19?,21-,22+,23-/m0/s1. The van der Waals surface area contributed by atoms with Crippen molar-refractivity contribution in [1.82, 2.24) is 0 Å². The van der Waals surface area contributed by atoms with Gasteiger partial charge in [-0.3, -0.25) is 0 Å². The molecule has 0 spiro atoms. The lowest BCUT2D eigenvalue weighted by molar-refractivity contribution is -0.208. The summed E-state index contributed by atoms with van der Waals surface area (Å²) >= 11 is 0. The highest BCUT2D eigenvalue weighted by Gasteiger charge is 2.67. The van der Waals surface area contributed by atoms with Gasteiger partial charge in [0, 0.05) is 11.5 Å². The van der Waals surface area contributed by atoms with Crippen LogP contribution in [0.4, 0.5) is 0 Å². The third kappa shape index (κ3) is 2.32. The molecular formula is C23H34O4. The molecule has 8 atom stereocenters. The maximum atomic E-state index is 12.1. The SMILES string of the molecule is C[C@]12CC[C@H](O)CC1CCC1C2CC[C@]2(C)[C@@H](C3=CC(=O)OC3)CC[C@]12O. The number of aliphatic hydroxyl groups is 2. The smallest absolute Gasteiger partial charge is 0.331 e. The van der Waals surface area contributed by atoms with Crippen molar-refractivity contribution >= 4 is 5.97 Å². The Labute approximate surface area is 162 Å². The zero-order valence-electron chi connectivity index (χ0n) is 16.7. The average molecular weight is 375 g/mol. The van der Waals surface area contributed by atoms with Gasteiger partial charge in [0.25, 0.3) is 0 Å². The van der Waals surface area contributed by atoms with Gasteiger partial charge >= 0.3 is 5.97 Å². The van der Waals surface area contributed by atoms with Crippen LogP contribution in [0.25, 0.3) is 0 Å². The van der Waals surface area contributed by atoms with Crippen LogP contribution >= 0.6 is 0 Å². The molecule has 0 bridgehead atoms. The van der Waals surface area contributed by atoms with Crippen molar-refractivity contribution in [1.29, 1.82) is 0 Å². The van der Waals surface area contributed by atoms with Crippen molar-refractivity contribution in [3.05, 3.63) is 11.6 Å². The minimum absolute atomic E-state index is 0.126. The highest BCUT2D eigenvalue weighted by atomic mass is 16.5. The highest BCUT2D eigenvalue weighted by Crippen LogP contribution is 2.69. The van der Waals surface area contributed by atoms with Gasteiger partial charge in [-0.2, -0.15) is 0 Å². The maximum Gasteiger partial charge on any atom is 0.331 e. The van der Waals surface area contributed by atoms with Crippen LogP contribution in [0.2, 0.25) is 0 Å². The van der Waals surface area contributed by atoms with Crippen molar-refractivity contribution < 1.29 is 19.7 Å². The molecule has 5 rings (SSSR count). The maximum absolute atomic E-state index is 12.1. The van der Waals surface area contributed by atoms with Crippen molar-refractivity contribution in [3.8, 4) is 0 Å². The largest absolute Gasteiger partial charge is 0.458 e. The van der Waals surface area contributed by atoms with E-state index >= 15 is 0 Å². The Morgan fingerprint density at radius 2 is 1.85 bits per heavy atom. The van der Waals surface area contributed by atoms with Crippen LogP contribution in [0, 0.1) is 34.5 Å². The lowest BCUT2D eigenvalue weighted by Crippen LogP contribution is -2.62. The van der Waals surface area contributed by atoms with Crippen LogP contribution in [0.5, 0.6) is 0 Å². The Hall–Kier alpha value is -0.870. The van der Waals surface area contributed by atoms with Crippen molar-refractivity contribution in [3.63, 3.8) is 0 Å². The molecule has 2 N–H and O–H groups in total. The minimum Gasteiger partial charge on any atom is -0.458 e. The molecule has 0 aromatic heterocycles. The van der Waals surface area contributed by atoms with Crippen LogP contribution in [0.15, 0.2) is 11.6 Å². The first kappa shape index (κ1) is 18.2. The average Bonchev–Trinajstić information content (AvgIpc) is 3.16. The Morgan fingerprint density at radius 1 is 1.04 bits per heavy atom. The molecule has 0 aromatic rings. The number of aliphatic hydroxyl groups excluding tert-OH is 1. The van der Waals surface area contributed by atoms with Gasteiger partial charge < -0.3 is 14.9 Å². The summed E-state index contributed by atoms with van der Waals surface area (Å²) in [6.07, 6.45) is 10.8. The van der Waals surface area contributed by atoms with Crippen LogP contribution in [0.3, 0.4) is 0 Å². The molecule has 4 fully saturated rings. The molecule has 150 valence electrons. The second kappa shape index (κ2) is 5.82. The summed E-state index contributed by atoms with van der Waals surface area (Å²) in [5.41, 5.74) is 0.600. The topological polar surface area (TPSA) is 66.8 Å². The van der Waals surface area contributed by atoms with Crippen molar-refractivity contribution in [2.75, 3.05) is 6.61 Å². The summed E-state index contributed by atoms with van der Waals surface area (Å²) in [6.45, 7) is 5.15. The van der Waals surface area contributed by atoms with E-state index in [0.717, 1.165) is 56.9 Å². The second-order valence-electron chi connectivity index (χ2n) is 10.7. The zero-order chi connectivity index (χ0) is 19.0. The molecule has 4 heteroatoms. The van der Waals surface area contributed by atoms with E-state index in [0.29, 0.717) is 24.4 Å². The van der Waals surface area contributed by atoms with Crippen LogP contribution in [-0.2, 0) is 9.53 Å². The first-order valence-corrected chi connectivity index (χ1v) is 11.1. The summed E-state index contributed by atoms with van der Waals surface area (Å²) in [4.78, 5) is 11.6. The van der Waals surface area contributed by atoms with Gasteiger partial charge in [-0.05, 0) is 92.4 Å². The predicted molar refractivity (Wildman–Crippen MR) is 102 cm³/mol. The molecule has 1 aliphatic heterocycles. The van der Waals surface area contributed by atoms with Gasteiger partial charge in [-0.15, -0.1) is 0 Å². The molecule has 4 nitrogen and oxygen atoms in total. The molecular weight excluding hydrogens is 340 g/mol. The molecule has 5 aliphatic rings. The number of fused-ring (bicyclic) bond motifs is 5. The van der Waals surface area contributed by atoms with Gasteiger partial charge in [0.2, 0.25) is 0 Å².